The molecule has 0 radical (unpaired) electrons. The Morgan fingerprint density at radius 2 is 1.82 bits per heavy atom. The van der Waals surface area contributed by atoms with Crippen LogP contribution in [0.15, 0.2) is 30.3 Å². The fraction of sp³-hybridized carbons (Fsp3) is 0.455. The van der Waals surface area contributed by atoms with Crippen LogP contribution in [0, 0.1) is 5.82 Å². The van der Waals surface area contributed by atoms with Gasteiger partial charge in [0.15, 0.2) is 0 Å². The maximum absolute atomic E-state index is 14.0. The number of hydrogen-bond acceptors (Lipinski definition) is 5. The van der Waals surface area contributed by atoms with E-state index >= 15 is 0 Å². The molecular weight excluding hydrogens is 466 g/mol. The topological polar surface area (TPSA) is 72.5 Å². The lowest BCUT2D eigenvalue weighted by Crippen LogP contribution is -2.63. The molecule has 0 bridgehead atoms. The lowest BCUT2D eigenvalue weighted by molar-refractivity contribution is -0.359. The molecule has 6 nitrogen and oxygen atoms in total. The molecule has 11 heteroatoms. The van der Waals surface area contributed by atoms with E-state index in [1.165, 1.54) is 24.3 Å². The molecule has 1 fully saturated rings. The van der Waals surface area contributed by atoms with Gasteiger partial charge in [0.2, 0.25) is 5.60 Å². The Bertz CT molecular complexity index is 1060. The van der Waals surface area contributed by atoms with E-state index in [1.54, 1.807) is 34.6 Å². The van der Waals surface area contributed by atoms with Crippen LogP contribution in [0.2, 0.25) is 5.02 Å². The molecule has 1 aromatic carbocycles. The van der Waals surface area contributed by atoms with Gasteiger partial charge >= 0.3 is 12.3 Å². The molecule has 1 saturated heterocycles. The zero-order valence-corrected chi connectivity index (χ0v) is 19.4. The number of hydroxylamine groups is 1. The number of rotatable bonds is 4. The number of alkyl carbamates (subject to hydrolysis) is 1. The Kier molecular flexibility index (Phi) is 6.42. The number of hydrogen-bond donors (Lipinski definition) is 2. The second-order valence-corrected chi connectivity index (χ2v) is 9.66. The van der Waals surface area contributed by atoms with Crippen molar-refractivity contribution >= 4 is 17.7 Å². The maximum atomic E-state index is 14.0. The highest BCUT2D eigenvalue weighted by Crippen LogP contribution is 2.45. The first kappa shape index (κ1) is 25.2. The van der Waals surface area contributed by atoms with Gasteiger partial charge in [0.05, 0.1) is 28.5 Å². The normalized spacial score (nSPS) is 19.1. The zero-order chi connectivity index (χ0) is 24.8. The van der Waals surface area contributed by atoms with Gasteiger partial charge in [-0.25, -0.2) is 14.2 Å². The van der Waals surface area contributed by atoms with Gasteiger partial charge in [-0.2, -0.15) is 18.7 Å². The van der Waals surface area contributed by atoms with Crippen molar-refractivity contribution in [3.63, 3.8) is 0 Å². The highest BCUT2D eigenvalue weighted by molar-refractivity contribution is 6.31. The van der Waals surface area contributed by atoms with E-state index in [-0.39, 0.29) is 10.7 Å². The van der Waals surface area contributed by atoms with Crippen LogP contribution >= 0.6 is 11.6 Å². The van der Waals surface area contributed by atoms with Gasteiger partial charge in [-0.3, -0.25) is 4.84 Å². The smallest absolute Gasteiger partial charge is 0.426 e. The minimum atomic E-state index is -4.77. The Hall–Kier alpha value is -2.43. The van der Waals surface area contributed by atoms with Gasteiger partial charge in [0.25, 0.3) is 0 Å². The fourth-order valence-corrected chi connectivity index (χ4v) is 3.38. The van der Waals surface area contributed by atoms with E-state index in [4.69, 9.17) is 21.2 Å². The Morgan fingerprint density at radius 3 is 2.30 bits per heavy atom. The number of carbonyl (C=O) groups excluding carboxylic acids is 1. The monoisotopic (exact) mass is 489 g/mol. The van der Waals surface area contributed by atoms with Crippen molar-refractivity contribution in [3.8, 4) is 11.3 Å². The van der Waals surface area contributed by atoms with Crippen molar-refractivity contribution in [2.24, 2.45) is 0 Å². The van der Waals surface area contributed by atoms with E-state index in [9.17, 15) is 22.4 Å². The van der Waals surface area contributed by atoms with Crippen LogP contribution in [0.25, 0.3) is 11.3 Å². The van der Waals surface area contributed by atoms with Gasteiger partial charge in [-0.05, 0) is 70.5 Å². The summed E-state index contributed by atoms with van der Waals surface area (Å²) in [7, 11) is 0. The summed E-state index contributed by atoms with van der Waals surface area (Å²) in [6, 6.07) is 6.43. The number of nitrogens with zero attached hydrogens (tertiary/aromatic N) is 1. The minimum absolute atomic E-state index is 0.0996. The molecule has 1 amide bonds. The molecule has 1 unspecified atom stereocenters. The summed E-state index contributed by atoms with van der Waals surface area (Å²) >= 11 is 5.87. The highest BCUT2D eigenvalue weighted by Gasteiger charge is 2.64. The summed E-state index contributed by atoms with van der Waals surface area (Å²) in [6.45, 7) is 7.74. The molecule has 2 N–H and O–H groups in total. The molecule has 2 heterocycles. The van der Waals surface area contributed by atoms with Crippen molar-refractivity contribution in [3.05, 3.63) is 52.4 Å². The number of aromatic nitrogens is 1. The van der Waals surface area contributed by atoms with Crippen LogP contribution in [0.5, 0.6) is 0 Å². The van der Waals surface area contributed by atoms with Crippen LogP contribution in [0.3, 0.4) is 0 Å². The molecule has 1 atom stereocenters. The molecule has 0 saturated carbocycles. The van der Waals surface area contributed by atoms with Gasteiger partial charge in [-0.15, -0.1) is 0 Å². The van der Waals surface area contributed by atoms with E-state index < -0.39 is 47.1 Å². The minimum Gasteiger partial charge on any atom is -0.444 e. The third kappa shape index (κ3) is 5.23. The van der Waals surface area contributed by atoms with Crippen LogP contribution in [-0.4, -0.2) is 29.4 Å². The predicted octanol–water partition coefficient (Wildman–Crippen LogP) is 5.59. The standard InChI is InChI=1S/C22H24ClF4N3O3/c1-19(2,3)32-18(31)30-20(4,5)13-9-16(12-6-7-15(24)14(23)8-12)29-17(10-13)21(11-28-33-21)22(25,26)27/h6-10,28H,11H2,1-5H3,(H,30,31). The number of ether oxygens (including phenoxy) is 1. The second kappa shape index (κ2) is 8.41. The van der Waals surface area contributed by atoms with Crippen LogP contribution in [0.1, 0.15) is 45.9 Å². The average Bonchev–Trinajstić information content (AvgIpc) is 2.59. The SMILES string of the molecule is CC(C)(C)OC(=O)NC(C)(C)c1cc(-c2ccc(F)c(Cl)c2)nc(C2(C(F)(F)F)CNO2)c1. The maximum Gasteiger partial charge on any atom is 0.426 e. The van der Waals surface area contributed by atoms with E-state index in [0.29, 0.717) is 11.1 Å². The van der Waals surface area contributed by atoms with Crippen molar-refractivity contribution in [2.45, 2.75) is 57.5 Å². The molecule has 1 aromatic heterocycles. The Labute approximate surface area is 193 Å². The van der Waals surface area contributed by atoms with E-state index in [2.05, 4.69) is 15.8 Å². The number of benzene rings is 1. The average molecular weight is 490 g/mol. The van der Waals surface area contributed by atoms with Crippen molar-refractivity contribution in [2.75, 3.05) is 6.54 Å². The molecule has 1 aliphatic heterocycles. The number of halogens is 5. The molecule has 3 rings (SSSR count). The van der Waals surface area contributed by atoms with Crippen molar-refractivity contribution < 1.29 is 31.9 Å². The number of carbonyl (C=O) groups is 1. The number of nitrogens with one attached hydrogen (secondary N) is 2. The summed E-state index contributed by atoms with van der Waals surface area (Å²) in [4.78, 5) is 21.3. The van der Waals surface area contributed by atoms with Gasteiger partial charge in [0, 0.05) is 5.56 Å². The number of alkyl halides is 3. The van der Waals surface area contributed by atoms with Crippen LogP contribution in [0.4, 0.5) is 22.4 Å². The summed E-state index contributed by atoms with van der Waals surface area (Å²) in [5.74, 6) is -0.679. The molecule has 2 aromatic rings. The third-order valence-corrected chi connectivity index (χ3v) is 5.30. The van der Waals surface area contributed by atoms with Gasteiger partial charge < -0.3 is 10.1 Å². The zero-order valence-electron chi connectivity index (χ0n) is 18.7. The van der Waals surface area contributed by atoms with Crippen LogP contribution in [-0.2, 0) is 20.7 Å². The first-order chi connectivity index (χ1) is 15.0. The predicted molar refractivity (Wildman–Crippen MR) is 114 cm³/mol. The quantitative estimate of drug-likeness (QED) is 0.547. The summed E-state index contributed by atoms with van der Waals surface area (Å²) < 4.78 is 60.8. The molecular formula is C22H24ClF4N3O3. The number of pyridine rings is 1. The lowest BCUT2D eigenvalue weighted by Gasteiger charge is -2.42. The Balaban J connectivity index is 2.13. The molecule has 33 heavy (non-hydrogen) atoms. The summed E-state index contributed by atoms with van der Waals surface area (Å²) in [6.07, 6.45) is -5.52. The molecule has 0 spiro atoms. The van der Waals surface area contributed by atoms with Crippen LogP contribution < -0.4 is 10.8 Å². The first-order valence-corrected chi connectivity index (χ1v) is 10.4. The molecule has 180 valence electrons. The molecule has 0 aliphatic carbocycles. The number of amides is 1. The first-order valence-electron chi connectivity index (χ1n) is 10.0. The Morgan fingerprint density at radius 1 is 1.18 bits per heavy atom. The van der Waals surface area contributed by atoms with Crippen molar-refractivity contribution in [1.82, 2.24) is 15.8 Å². The van der Waals surface area contributed by atoms with Gasteiger partial charge in [0.1, 0.15) is 11.4 Å². The van der Waals surface area contributed by atoms with E-state index in [1.807, 2.05) is 0 Å². The lowest BCUT2D eigenvalue weighted by atomic mass is 9.88. The molecule has 1 aliphatic rings. The van der Waals surface area contributed by atoms with Gasteiger partial charge in [-0.1, -0.05) is 11.6 Å². The fourth-order valence-electron chi connectivity index (χ4n) is 3.20. The summed E-state index contributed by atoms with van der Waals surface area (Å²) in [5, 5.41) is 2.46. The third-order valence-electron chi connectivity index (χ3n) is 5.02. The largest absolute Gasteiger partial charge is 0.444 e. The summed E-state index contributed by atoms with van der Waals surface area (Å²) in [5.41, 5.74) is -2.16. The van der Waals surface area contributed by atoms with Crippen molar-refractivity contribution in [1.29, 1.82) is 0 Å². The highest BCUT2D eigenvalue weighted by atomic mass is 35.5. The second-order valence-electron chi connectivity index (χ2n) is 9.26. The van der Waals surface area contributed by atoms with E-state index in [0.717, 1.165) is 6.07 Å².